The Balaban J connectivity index is 0.000000364. The van der Waals surface area contributed by atoms with E-state index in [4.69, 9.17) is 4.42 Å². The average molecular weight is 526 g/mol. The van der Waals surface area contributed by atoms with E-state index >= 15 is 0 Å². The standard InChI is InChI=1S/C25H16O2S.F6P/c26-24-18-13-7-8-14-20(18)27-21-15-19(16-9-3-1-4-10-16)25(28)22(23(21)24)17-11-5-2-6-12-17;1-7(2,3,4,5)6/h1-15,28H;/q;-1/p+1. The molecule has 0 spiro atoms. The second-order valence-electron chi connectivity index (χ2n) is 7.66. The van der Waals surface area contributed by atoms with Crippen molar-refractivity contribution in [2.24, 2.45) is 0 Å². The first-order valence-electron chi connectivity index (χ1n) is 10.1. The first-order chi connectivity index (χ1) is 16.2. The van der Waals surface area contributed by atoms with Crippen LogP contribution in [0.4, 0.5) is 25.2 Å². The zero-order chi connectivity index (χ0) is 25.5. The molecule has 0 radical (unpaired) electrons. The van der Waals surface area contributed by atoms with Gasteiger partial charge in [0.05, 0.1) is 16.3 Å². The Labute approximate surface area is 200 Å². The second-order valence-corrected chi connectivity index (χ2v) is 10.1. The van der Waals surface area contributed by atoms with Crippen molar-refractivity contribution in [1.29, 1.82) is 0 Å². The summed E-state index contributed by atoms with van der Waals surface area (Å²) in [7, 11) is -10.7. The van der Waals surface area contributed by atoms with E-state index in [1.54, 1.807) is 0 Å². The summed E-state index contributed by atoms with van der Waals surface area (Å²) in [5, 5.41) is 1.18. The molecule has 5 aromatic rings. The van der Waals surface area contributed by atoms with E-state index in [1.165, 1.54) is 0 Å². The van der Waals surface area contributed by atoms with Gasteiger partial charge in [-0.15, -0.1) is 0 Å². The van der Waals surface area contributed by atoms with Crippen LogP contribution < -0.4 is 5.43 Å². The molecule has 0 unspecified atom stereocenters. The molecule has 0 aliphatic heterocycles. The van der Waals surface area contributed by atoms with Crippen molar-refractivity contribution in [1.82, 2.24) is 0 Å². The summed E-state index contributed by atoms with van der Waals surface area (Å²) in [6, 6.07) is 29.4. The van der Waals surface area contributed by atoms with E-state index in [2.05, 4.69) is 24.8 Å². The fourth-order valence-electron chi connectivity index (χ4n) is 3.70. The monoisotopic (exact) mass is 526 g/mol. The minimum Gasteiger partial charge on any atom is -0.456 e. The third-order valence-corrected chi connectivity index (χ3v) is 5.54. The largest absolute Gasteiger partial charge is 0.456 e. The van der Waals surface area contributed by atoms with Crippen LogP contribution in [0.2, 0.25) is 0 Å². The Morgan fingerprint density at radius 3 is 1.71 bits per heavy atom. The summed E-state index contributed by atoms with van der Waals surface area (Å²) in [5.41, 5.74) is 5.04. The Morgan fingerprint density at radius 1 is 0.657 bits per heavy atom. The van der Waals surface area contributed by atoms with E-state index in [0.29, 0.717) is 21.9 Å². The molecule has 0 fully saturated rings. The molecular formula is C25H17F6O2PS. The zero-order valence-corrected chi connectivity index (χ0v) is 19.6. The van der Waals surface area contributed by atoms with Gasteiger partial charge in [0.15, 0.2) is 4.90 Å². The molecule has 0 atom stereocenters. The maximum atomic E-state index is 13.4. The van der Waals surface area contributed by atoms with Crippen molar-refractivity contribution >= 4 is 42.4 Å². The fourth-order valence-corrected chi connectivity index (χ4v) is 4.19. The van der Waals surface area contributed by atoms with E-state index in [9.17, 15) is 30.0 Å². The molecular weight excluding hydrogens is 509 g/mol. The van der Waals surface area contributed by atoms with Crippen LogP contribution in [-0.4, -0.2) is 0 Å². The molecule has 4 aromatic carbocycles. The number of para-hydroxylation sites is 1. The molecule has 0 saturated carbocycles. The van der Waals surface area contributed by atoms with Crippen LogP contribution in [0.15, 0.2) is 105 Å². The van der Waals surface area contributed by atoms with E-state index < -0.39 is 7.81 Å². The van der Waals surface area contributed by atoms with Gasteiger partial charge < -0.3 is 4.42 Å². The Kier molecular flexibility index (Phi) is 5.77. The van der Waals surface area contributed by atoms with Gasteiger partial charge in [-0.2, -0.15) is 0 Å². The van der Waals surface area contributed by atoms with Crippen molar-refractivity contribution in [3.8, 4) is 22.3 Å². The van der Waals surface area contributed by atoms with E-state index in [0.717, 1.165) is 27.1 Å². The molecule has 1 heterocycles. The molecule has 1 aromatic heterocycles. The van der Waals surface area contributed by atoms with E-state index in [-0.39, 0.29) is 5.43 Å². The molecule has 0 N–H and O–H groups in total. The Hall–Kier alpha value is -3.29. The molecule has 0 amide bonds. The van der Waals surface area contributed by atoms with Gasteiger partial charge in [-0.1, -0.05) is 72.8 Å². The summed E-state index contributed by atoms with van der Waals surface area (Å²) in [6.07, 6.45) is 0. The first-order valence-corrected chi connectivity index (χ1v) is 12.6. The van der Waals surface area contributed by atoms with Crippen molar-refractivity contribution in [3.63, 3.8) is 0 Å². The third kappa shape index (κ3) is 6.24. The molecule has 10 heteroatoms. The number of fused-ring (bicyclic) bond motifs is 2. The summed E-state index contributed by atoms with van der Waals surface area (Å²) in [6.45, 7) is 0. The van der Waals surface area contributed by atoms with Crippen LogP contribution in [0, 0.1) is 0 Å². The Bertz CT molecular complexity index is 1590. The summed E-state index contributed by atoms with van der Waals surface area (Å²) in [4.78, 5) is 14.3. The van der Waals surface area contributed by atoms with Gasteiger partial charge in [0, 0.05) is 5.56 Å². The third-order valence-electron chi connectivity index (χ3n) is 5.02. The van der Waals surface area contributed by atoms with Gasteiger partial charge >= 0.3 is 33.0 Å². The van der Waals surface area contributed by atoms with Crippen molar-refractivity contribution in [2.45, 2.75) is 4.90 Å². The van der Waals surface area contributed by atoms with Crippen LogP contribution >= 0.6 is 7.81 Å². The van der Waals surface area contributed by atoms with Crippen LogP contribution in [0.25, 0.3) is 44.2 Å². The van der Waals surface area contributed by atoms with Gasteiger partial charge in [-0.25, -0.2) is 0 Å². The fraction of sp³-hybridized carbons (Fsp3) is 0. The van der Waals surface area contributed by atoms with Crippen LogP contribution in [0.1, 0.15) is 0 Å². The van der Waals surface area contributed by atoms with Crippen molar-refractivity contribution < 1.29 is 29.6 Å². The van der Waals surface area contributed by atoms with Crippen LogP contribution in [-0.2, 0) is 12.6 Å². The van der Waals surface area contributed by atoms with Crippen LogP contribution in [0.5, 0.6) is 0 Å². The second kappa shape index (κ2) is 8.14. The number of rotatable bonds is 2. The molecule has 2 nitrogen and oxygen atoms in total. The van der Waals surface area contributed by atoms with Crippen molar-refractivity contribution in [3.05, 3.63) is 101 Å². The Morgan fingerprint density at radius 2 is 1.14 bits per heavy atom. The summed E-state index contributed by atoms with van der Waals surface area (Å²) >= 11 is 3.86. The summed E-state index contributed by atoms with van der Waals surface area (Å²) < 4.78 is 65.4. The number of hydrogen-bond donors (Lipinski definition) is 0. The first kappa shape index (κ1) is 24.8. The maximum absolute atomic E-state index is 13.4. The molecule has 0 saturated heterocycles. The van der Waals surface area contributed by atoms with Crippen molar-refractivity contribution in [2.75, 3.05) is 0 Å². The van der Waals surface area contributed by atoms with Gasteiger partial charge in [-0.05, 0) is 42.0 Å². The van der Waals surface area contributed by atoms with Crippen LogP contribution in [0.3, 0.4) is 0 Å². The average Bonchev–Trinajstić information content (AvgIpc) is 2.78. The maximum Gasteiger partial charge on any atom is 0.201 e. The van der Waals surface area contributed by atoms with E-state index in [1.807, 2.05) is 78.9 Å². The van der Waals surface area contributed by atoms with Gasteiger partial charge in [0.25, 0.3) is 0 Å². The molecule has 0 aliphatic carbocycles. The molecule has 5 rings (SSSR count). The topological polar surface area (TPSA) is 30.2 Å². The molecule has 182 valence electrons. The minimum atomic E-state index is -10.7. The predicted octanol–water partition coefficient (Wildman–Crippen LogP) is 9.03. The SMILES string of the molecule is F[P-](F)(F)(F)(F)F.O=c1c2ccccc2oc2cc(-c3ccccc3)c([SH2+])c(-c3ccccc3)c12. The van der Waals surface area contributed by atoms with Gasteiger partial charge in [0.2, 0.25) is 5.43 Å². The molecule has 0 bridgehead atoms. The quantitative estimate of drug-likeness (QED) is 0.0994. The predicted molar refractivity (Wildman–Crippen MR) is 133 cm³/mol. The number of hydrogen-bond acceptors (Lipinski definition) is 2. The van der Waals surface area contributed by atoms with Gasteiger partial charge in [-0.3, -0.25) is 4.79 Å². The van der Waals surface area contributed by atoms with Gasteiger partial charge in [0.1, 0.15) is 11.2 Å². The number of benzene rings is 4. The summed E-state index contributed by atoms with van der Waals surface area (Å²) in [5.74, 6) is 0. The number of halogens is 6. The molecule has 35 heavy (non-hydrogen) atoms. The zero-order valence-electron chi connectivity index (χ0n) is 17.7. The smallest absolute Gasteiger partial charge is 0.201 e. The normalized spacial score (nSPS) is 13.6. The molecule has 0 aliphatic rings. The minimum absolute atomic E-state index is 0.0187.